The molecule has 2 aromatic rings. The van der Waals surface area contributed by atoms with Gasteiger partial charge >= 0.3 is 0 Å². The van der Waals surface area contributed by atoms with Crippen LogP contribution in [0.15, 0.2) is 30.5 Å². The Morgan fingerprint density at radius 3 is 2.87 bits per heavy atom. The van der Waals surface area contributed by atoms with Gasteiger partial charge in [-0.05, 0) is 38.0 Å². The number of carbonyl (C=O) groups excluding carboxylic acids is 1. The topological polar surface area (TPSA) is 76.6 Å². The van der Waals surface area contributed by atoms with Crippen LogP contribution in [0.5, 0.6) is 0 Å². The van der Waals surface area contributed by atoms with E-state index in [-0.39, 0.29) is 11.9 Å². The van der Waals surface area contributed by atoms with Crippen LogP contribution in [0.3, 0.4) is 0 Å². The molecule has 4 heterocycles. The predicted molar refractivity (Wildman–Crippen MR) is 120 cm³/mol. The van der Waals surface area contributed by atoms with Crippen LogP contribution in [0.2, 0.25) is 0 Å². The predicted octanol–water partition coefficient (Wildman–Crippen LogP) is 1.95. The van der Waals surface area contributed by atoms with Gasteiger partial charge in [-0.3, -0.25) is 4.79 Å². The summed E-state index contributed by atoms with van der Waals surface area (Å²) in [5.41, 5.74) is 2.72. The highest BCUT2D eigenvalue weighted by molar-refractivity contribution is 6.10. The number of nitrogens with zero attached hydrogens (tertiary/aromatic N) is 5. The average Bonchev–Trinajstić information content (AvgIpc) is 3.22. The summed E-state index contributed by atoms with van der Waals surface area (Å²) in [6, 6.07) is 8.67. The summed E-state index contributed by atoms with van der Waals surface area (Å²) in [6.45, 7) is 8.33. The second kappa shape index (κ2) is 8.10. The molecule has 3 aliphatic rings. The van der Waals surface area contributed by atoms with Crippen molar-refractivity contribution in [2.75, 3.05) is 65.8 Å². The third kappa shape index (κ3) is 3.45. The zero-order valence-corrected chi connectivity index (χ0v) is 17.5. The van der Waals surface area contributed by atoms with E-state index in [0.29, 0.717) is 18.1 Å². The van der Waals surface area contributed by atoms with Gasteiger partial charge in [-0.25, -0.2) is 4.98 Å². The second-order valence-electron chi connectivity index (χ2n) is 8.12. The minimum atomic E-state index is -0.0140. The van der Waals surface area contributed by atoms with Gasteiger partial charge < -0.3 is 25.3 Å². The van der Waals surface area contributed by atoms with Crippen molar-refractivity contribution in [3.63, 3.8) is 0 Å². The van der Waals surface area contributed by atoms with Crippen molar-refractivity contribution >= 4 is 29.0 Å². The van der Waals surface area contributed by atoms with E-state index in [0.717, 1.165) is 63.6 Å². The Bertz CT molecular complexity index is 927. The molecule has 2 N–H and O–H groups in total. The van der Waals surface area contributed by atoms with Crippen molar-refractivity contribution in [2.24, 2.45) is 0 Å². The number of rotatable bonds is 4. The van der Waals surface area contributed by atoms with Gasteiger partial charge in [-0.15, -0.1) is 0 Å². The van der Waals surface area contributed by atoms with Crippen molar-refractivity contribution in [1.29, 1.82) is 0 Å². The first kappa shape index (κ1) is 19.1. The number of anilines is 4. The normalized spacial score (nSPS) is 21.3. The van der Waals surface area contributed by atoms with E-state index in [9.17, 15) is 4.79 Å². The van der Waals surface area contributed by atoms with Crippen molar-refractivity contribution in [2.45, 2.75) is 25.8 Å². The molecule has 1 aromatic heterocycles. The van der Waals surface area contributed by atoms with Crippen LogP contribution in [-0.2, 0) is 0 Å². The van der Waals surface area contributed by atoms with Gasteiger partial charge in [-0.1, -0.05) is 6.07 Å². The molecule has 1 atom stereocenters. The monoisotopic (exact) mass is 407 g/mol. The standard InChI is InChI=1S/C22H29N7O/c1-2-24-22-25-14-19-20(26-22)28-10-4-7-18(28)15-29(21(19)30)17-6-3-5-16(13-17)27-11-8-23-9-12-27/h3,5-6,13-14,18,23H,2,4,7-12,15H2,1H3,(H,24,25,26)/t18-/m0/s1. The molecule has 3 aliphatic heterocycles. The summed E-state index contributed by atoms with van der Waals surface area (Å²) in [5.74, 6) is 1.35. The Morgan fingerprint density at radius 2 is 2.03 bits per heavy atom. The molecule has 1 aromatic carbocycles. The van der Waals surface area contributed by atoms with E-state index in [2.05, 4.69) is 43.6 Å². The molecular weight excluding hydrogens is 378 g/mol. The molecule has 0 radical (unpaired) electrons. The van der Waals surface area contributed by atoms with Gasteiger partial charge in [0, 0.05) is 69.4 Å². The number of fused-ring (bicyclic) bond motifs is 3. The van der Waals surface area contributed by atoms with E-state index >= 15 is 0 Å². The summed E-state index contributed by atoms with van der Waals surface area (Å²) in [6.07, 6.45) is 3.88. The van der Waals surface area contributed by atoms with E-state index in [4.69, 9.17) is 4.98 Å². The summed E-state index contributed by atoms with van der Waals surface area (Å²) in [4.78, 5) is 29.3. The Morgan fingerprint density at radius 1 is 1.20 bits per heavy atom. The maximum absolute atomic E-state index is 13.6. The fourth-order valence-electron chi connectivity index (χ4n) is 4.73. The van der Waals surface area contributed by atoms with Crippen LogP contribution >= 0.6 is 0 Å². The fraction of sp³-hybridized carbons (Fsp3) is 0.500. The molecule has 2 fully saturated rings. The van der Waals surface area contributed by atoms with Crippen LogP contribution in [0.4, 0.5) is 23.1 Å². The first-order chi connectivity index (χ1) is 14.7. The third-order valence-electron chi connectivity index (χ3n) is 6.25. The number of hydrogen-bond acceptors (Lipinski definition) is 7. The van der Waals surface area contributed by atoms with Crippen LogP contribution in [0.1, 0.15) is 30.1 Å². The number of carbonyl (C=O) groups is 1. The second-order valence-corrected chi connectivity index (χ2v) is 8.12. The smallest absolute Gasteiger partial charge is 0.263 e. The highest BCUT2D eigenvalue weighted by Gasteiger charge is 2.37. The zero-order chi connectivity index (χ0) is 20.5. The number of nitrogens with one attached hydrogen (secondary N) is 2. The van der Waals surface area contributed by atoms with Crippen LogP contribution in [0, 0.1) is 0 Å². The Hall–Kier alpha value is -2.87. The lowest BCUT2D eigenvalue weighted by Gasteiger charge is -2.31. The van der Waals surface area contributed by atoms with E-state index in [1.807, 2.05) is 17.9 Å². The summed E-state index contributed by atoms with van der Waals surface area (Å²) >= 11 is 0. The quantitative estimate of drug-likeness (QED) is 0.802. The number of hydrogen-bond donors (Lipinski definition) is 2. The number of aromatic nitrogens is 2. The zero-order valence-electron chi connectivity index (χ0n) is 17.5. The molecule has 0 aliphatic carbocycles. The molecule has 8 nitrogen and oxygen atoms in total. The minimum absolute atomic E-state index is 0.0140. The molecule has 2 saturated heterocycles. The Balaban J connectivity index is 1.51. The molecule has 30 heavy (non-hydrogen) atoms. The third-order valence-corrected chi connectivity index (χ3v) is 6.25. The van der Waals surface area contributed by atoms with Crippen molar-refractivity contribution in [3.05, 3.63) is 36.0 Å². The average molecular weight is 408 g/mol. The molecule has 0 bridgehead atoms. The highest BCUT2D eigenvalue weighted by atomic mass is 16.2. The van der Waals surface area contributed by atoms with Gasteiger partial charge in [0.25, 0.3) is 5.91 Å². The molecule has 0 spiro atoms. The lowest BCUT2D eigenvalue weighted by Crippen LogP contribution is -2.43. The lowest BCUT2D eigenvalue weighted by atomic mass is 10.1. The first-order valence-corrected chi connectivity index (χ1v) is 11.0. The van der Waals surface area contributed by atoms with Crippen LogP contribution in [-0.4, -0.2) is 67.7 Å². The SMILES string of the molecule is CCNc1ncc2c(n1)N1CCC[C@H]1CN(c1cccc(N3CCNCC3)c1)C2=O. The molecule has 8 heteroatoms. The van der Waals surface area contributed by atoms with Crippen molar-refractivity contribution < 1.29 is 4.79 Å². The molecule has 1 amide bonds. The summed E-state index contributed by atoms with van der Waals surface area (Å²) in [7, 11) is 0. The maximum Gasteiger partial charge on any atom is 0.263 e. The number of amides is 1. The first-order valence-electron chi connectivity index (χ1n) is 11.0. The van der Waals surface area contributed by atoms with Crippen LogP contribution < -0.4 is 25.3 Å². The van der Waals surface area contributed by atoms with Gasteiger partial charge in [0.1, 0.15) is 11.4 Å². The molecule has 0 unspecified atom stereocenters. The summed E-state index contributed by atoms with van der Waals surface area (Å²) < 4.78 is 0. The number of benzene rings is 1. The minimum Gasteiger partial charge on any atom is -0.369 e. The van der Waals surface area contributed by atoms with Gasteiger partial charge in [-0.2, -0.15) is 4.98 Å². The van der Waals surface area contributed by atoms with E-state index in [1.165, 1.54) is 5.69 Å². The fourth-order valence-corrected chi connectivity index (χ4v) is 4.73. The molecule has 0 saturated carbocycles. The Kier molecular flexibility index (Phi) is 5.16. The highest BCUT2D eigenvalue weighted by Crippen LogP contribution is 2.35. The summed E-state index contributed by atoms with van der Waals surface area (Å²) in [5, 5.41) is 6.57. The largest absolute Gasteiger partial charge is 0.369 e. The molecule has 158 valence electrons. The lowest BCUT2D eigenvalue weighted by molar-refractivity contribution is 0.0988. The Labute approximate surface area is 177 Å². The van der Waals surface area contributed by atoms with Gasteiger partial charge in [0.2, 0.25) is 5.95 Å². The van der Waals surface area contributed by atoms with Crippen molar-refractivity contribution in [3.8, 4) is 0 Å². The van der Waals surface area contributed by atoms with Crippen molar-refractivity contribution in [1.82, 2.24) is 15.3 Å². The molecule has 5 rings (SSSR count). The van der Waals surface area contributed by atoms with E-state index < -0.39 is 0 Å². The van der Waals surface area contributed by atoms with Gasteiger partial charge in [0.05, 0.1) is 0 Å². The van der Waals surface area contributed by atoms with E-state index in [1.54, 1.807) is 6.20 Å². The number of piperazine rings is 1. The van der Waals surface area contributed by atoms with Gasteiger partial charge in [0.15, 0.2) is 0 Å². The maximum atomic E-state index is 13.6. The molecular formula is C22H29N7O. The van der Waals surface area contributed by atoms with Crippen LogP contribution in [0.25, 0.3) is 0 Å².